The Hall–Kier alpha value is -8.86. The number of carbonyl (C=O) groups excluding carboxylic acids is 2. The Labute approximate surface area is 397 Å². The minimum Gasteiger partial charge on any atom is -0.276 e. The first-order valence-electron chi connectivity index (χ1n) is 23.0. The minimum absolute atomic E-state index is 0.00927. The second kappa shape index (κ2) is 17.8. The van der Waals surface area contributed by atoms with Crippen LogP contribution in [0.2, 0.25) is 0 Å². The number of hydrogen-bond donors (Lipinski definition) is 0. The van der Waals surface area contributed by atoms with Gasteiger partial charge in [0, 0.05) is 33.6 Å². The van der Waals surface area contributed by atoms with Gasteiger partial charge in [0.2, 0.25) is 0 Å². The van der Waals surface area contributed by atoms with Gasteiger partial charge in [0.05, 0.1) is 22.5 Å². The molecule has 0 N–H and O–H groups in total. The predicted octanol–water partition coefficient (Wildman–Crippen LogP) is 15.5. The van der Waals surface area contributed by atoms with Crippen molar-refractivity contribution in [3.63, 3.8) is 0 Å². The first-order valence-corrected chi connectivity index (χ1v) is 23.0. The predicted molar refractivity (Wildman–Crippen MR) is 281 cm³/mol. The summed E-state index contributed by atoms with van der Waals surface area (Å²) in [5.74, 6) is 0.0185. The molecule has 12 rings (SSSR count). The third-order valence-electron chi connectivity index (χ3n) is 13.0. The summed E-state index contributed by atoms with van der Waals surface area (Å²) in [6.45, 7) is 4.13. The lowest BCUT2D eigenvalue weighted by Crippen LogP contribution is -2.23. The molecule has 10 aromatic rings. The molecule has 0 aromatic heterocycles. The van der Waals surface area contributed by atoms with E-state index in [-0.39, 0.29) is 11.8 Å². The number of anilines is 2. The Bertz CT molecular complexity index is 3250. The molecule has 2 heterocycles. The zero-order chi connectivity index (χ0) is 46.1. The Morgan fingerprint density at radius 3 is 0.926 bits per heavy atom. The lowest BCUT2D eigenvalue weighted by atomic mass is 9.91. The van der Waals surface area contributed by atoms with Crippen molar-refractivity contribution in [3.8, 4) is 0 Å². The van der Waals surface area contributed by atoms with E-state index < -0.39 is 0 Å². The number of amides is 2. The lowest BCUT2D eigenvalue weighted by Gasteiger charge is -2.23. The Balaban J connectivity index is 0.000000149. The first kappa shape index (κ1) is 41.8. The molecule has 324 valence electrons. The molecule has 4 heteroatoms. The third-order valence-corrected chi connectivity index (χ3v) is 13.0. The number of fused-ring (bicyclic) bond motifs is 6. The van der Waals surface area contributed by atoms with Crippen LogP contribution in [0.3, 0.4) is 0 Å². The quantitative estimate of drug-likeness (QED) is 0.167. The summed E-state index contributed by atoms with van der Waals surface area (Å²) in [6.07, 6.45) is 0. The largest absolute Gasteiger partial charge is 0.276 e. The molecule has 0 bridgehead atoms. The molecule has 2 aliphatic rings. The molecular weight excluding hydrogens is 829 g/mol. The summed E-state index contributed by atoms with van der Waals surface area (Å²) in [5.41, 5.74) is 15.8. The highest BCUT2D eigenvalue weighted by molar-refractivity contribution is 6.32. The van der Waals surface area contributed by atoms with E-state index in [1.807, 2.05) is 143 Å². The van der Waals surface area contributed by atoms with E-state index >= 15 is 0 Å². The summed E-state index contributed by atoms with van der Waals surface area (Å²) < 4.78 is 0. The van der Waals surface area contributed by atoms with Crippen molar-refractivity contribution in [2.75, 3.05) is 9.80 Å². The molecule has 0 aliphatic carbocycles. The summed E-state index contributed by atoms with van der Waals surface area (Å²) >= 11 is 0. The van der Waals surface area contributed by atoms with Crippen molar-refractivity contribution in [1.82, 2.24) is 0 Å². The van der Waals surface area contributed by atoms with Crippen LogP contribution in [0.4, 0.5) is 11.4 Å². The highest BCUT2D eigenvalue weighted by atomic mass is 16.2. The van der Waals surface area contributed by atoms with Gasteiger partial charge < -0.3 is 0 Å². The maximum absolute atomic E-state index is 14.2. The second-order valence-corrected chi connectivity index (χ2v) is 17.3. The van der Waals surface area contributed by atoms with Crippen molar-refractivity contribution in [2.45, 2.75) is 13.8 Å². The average molecular weight is 875 g/mol. The van der Waals surface area contributed by atoms with Crippen LogP contribution < -0.4 is 9.80 Å². The van der Waals surface area contributed by atoms with Gasteiger partial charge in [-0.2, -0.15) is 0 Å². The molecule has 4 nitrogen and oxygen atoms in total. The summed E-state index contributed by atoms with van der Waals surface area (Å²) in [4.78, 5) is 32.1. The van der Waals surface area contributed by atoms with Gasteiger partial charge in [0.1, 0.15) is 0 Å². The van der Waals surface area contributed by atoms with E-state index in [9.17, 15) is 9.59 Å². The fourth-order valence-electron chi connectivity index (χ4n) is 9.74. The Morgan fingerprint density at radius 1 is 0.309 bits per heavy atom. The zero-order valence-corrected chi connectivity index (χ0v) is 37.8. The van der Waals surface area contributed by atoms with Crippen LogP contribution in [0.15, 0.2) is 243 Å². The van der Waals surface area contributed by atoms with Gasteiger partial charge in [-0.25, -0.2) is 0 Å². The fraction of sp³-hybridized carbons (Fsp3) is 0.0312. The van der Waals surface area contributed by atoms with Crippen LogP contribution in [-0.4, -0.2) is 11.8 Å². The van der Waals surface area contributed by atoms with Gasteiger partial charge in [-0.3, -0.25) is 19.4 Å². The van der Waals surface area contributed by atoms with Crippen LogP contribution in [0.5, 0.6) is 0 Å². The van der Waals surface area contributed by atoms with Gasteiger partial charge >= 0.3 is 0 Å². The van der Waals surface area contributed by atoms with E-state index in [1.54, 1.807) is 0 Å². The number of aryl methyl sites for hydroxylation is 2. The molecule has 0 atom stereocenters. The monoisotopic (exact) mass is 874 g/mol. The SMILES string of the molecule is Cc1ccc(N2C(=O)c3c(ccc4ccccc34)C2=C(c2ccccc2)c2ccccc2)cc1.Cc1ccc(N2C(=O)c3c(ccc4ccccc34)C2=C(c2ccccc2)c2ccccc2)cc1. The molecule has 0 saturated heterocycles. The van der Waals surface area contributed by atoms with Gasteiger partial charge in [-0.15, -0.1) is 0 Å². The molecule has 0 unspecified atom stereocenters. The van der Waals surface area contributed by atoms with Crippen molar-refractivity contribution < 1.29 is 9.59 Å². The highest BCUT2D eigenvalue weighted by Gasteiger charge is 2.39. The fourth-order valence-corrected chi connectivity index (χ4v) is 9.74. The standard InChI is InChI=1S/2C32H23NO/c2*1-22-16-19-26(20-17-22)33-31(28-21-18-23-10-8-9-15-27(23)30(28)32(33)34)29(24-11-4-2-5-12-24)25-13-6-3-7-14-25/h2*2-21H,1H3. The van der Waals surface area contributed by atoms with E-state index in [0.717, 1.165) is 111 Å². The Kier molecular flexibility index (Phi) is 11.0. The number of rotatable bonds is 6. The van der Waals surface area contributed by atoms with E-state index in [2.05, 4.69) is 123 Å². The van der Waals surface area contributed by atoms with E-state index in [1.165, 1.54) is 0 Å². The molecule has 0 fully saturated rings. The van der Waals surface area contributed by atoms with Crippen LogP contribution in [-0.2, 0) is 0 Å². The van der Waals surface area contributed by atoms with Gasteiger partial charge in [-0.05, 0) is 81.9 Å². The topological polar surface area (TPSA) is 40.6 Å². The summed E-state index contributed by atoms with van der Waals surface area (Å²) in [5, 5.41) is 4.11. The van der Waals surface area contributed by atoms with Crippen LogP contribution >= 0.6 is 0 Å². The molecular formula is C64H46N2O2. The van der Waals surface area contributed by atoms with Crippen molar-refractivity contribution >= 4 is 67.3 Å². The van der Waals surface area contributed by atoms with Gasteiger partial charge in [-0.1, -0.05) is 230 Å². The molecule has 10 aromatic carbocycles. The average Bonchev–Trinajstić information content (AvgIpc) is 3.86. The van der Waals surface area contributed by atoms with Crippen LogP contribution in [0, 0.1) is 13.8 Å². The number of nitrogens with zero attached hydrogens (tertiary/aromatic N) is 2. The van der Waals surface area contributed by atoms with Gasteiger partial charge in [0.15, 0.2) is 0 Å². The maximum Gasteiger partial charge on any atom is 0.264 e. The van der Waals surface area contributed by atoms with E-state index in [4.69, 9.17) is 0 Å². The lowest BCUT2D eigenvalue weighted by molar-refractivity contribution is 0.0999. The Morgan fingerprint density at radius 2 is 0.603 bits per heavy atom. The van der Waals surface area contributed by atoms with Crippen LogP contribution in [0.1, 0.15) is 65.2 Å². The van der Waals surface area contributed by atoms with Crippen molar-refractivity contribution in [1.29, 1.82) is 0 Å². The highest BCUT2D eigenvalue weighted by Crippen LogP contribution is 2.47. The normalized spacial score (nSPS) is 12.8. The molecule has 2 amide bonds. The zero-order valence-electron chi connectivity index (χ0n) is 37.8. The summed E-state index contributed by atoms with van der Waals surface area (Å²) in [6, 6.07) is 82.5. The molecule has 68 heavy (non-hydrogen) atoms. The molecule has 0 radical (unpaired) electrons. The summed E-state index contributed by atoms with van der Waals surface area (Å²) in [7, 11) is 0. The second-order valence-electron chi connectivity index (χ2n) is 17.3. The number of hydrogen-bond acceptors (Lipinski definition) is 2. The molecule has 0 spiro atoms. The first-order chi connectivity index (χ1) is 33.4. The smallest absolute Gasteiger partial charge is 0.264 e. The van der Waals surface area contributed by atoms with E-state index in [0.29, 0.717) is 0 Å². The van der Waals surface area contributed by atoms with Crippen molar-refractivity contribution in [2.24, 2.45) is 0 Å². The number of benzene rings is 10. The van der Waals surface area contributed by atoms with Crippen LogP contribution in [0.25, 0.3) is 44.1 Å². The minimum atomic E-state index is 0.00927. The number of carbonyl (C=O) groups is 2. The van der Waals surface area contributed by atoms with Gasteiger partial charge in [0.25, 0.3) is 11.8 Å². The maximum atomic E-state index is 14.2. The molecule has 2 aliphatic heterocycles. The third kappa shape index (κ3) is 7.48. The van der Waals surface area contributed by atoms with Crippen molar-refractivity contribution in [3.05, 3.63) is 298 Å². The molecule has 0 saturated carbocycles.